The van der Waals surface area contributed by atoms with E-state index in [1.165, 1.54) is 4.90 Å². The second-order valence-corrected chi connectivity index (χ2v) is 19.4. The van der Waals surface area contributed by atoms with E-state index in [1.54, 1.807) is 40.0 Å². The minimum Gasteiger partial charge on any atom is -0.495 e. The predicted molar refractivity (Wildman–Crippen MR) is 212 cm³/mol. The number of pyridine rings is 1. The molecule has 14 nitrogen and oxygen atoms in total. The van der Waals surface area contributed by atoms with Gasteiger partial charge in [-0.25, -0.2) is 18.2 Å². The van der Waals surface area contributed by atoms with Crippen LogP contribution in [0.3, 0.4) is 0 Å². The van der Waals surface area contributed by atoms with E-state index in [0.29, 0.717) is 71.3 Å². The van der Waals surface area contributed by atoms with Crippen LogP contribution < -0.4 is 24.2 Å². The molecule has 1 saturated heterocycles. The zero-order valence-electron chi connectivity index (χ0n) is 32.9. The smallest absolute Gasteiger partial charge is 0.408 e. The molecule has 2 aliphatic heterocycles. The number of Topliss-reactive ketones (excluding diaryl/α,β-unsaturated/α-hetero) is 1. The topological polar surface area (TPSA) is 180 Å². The summed E-state index contributed by atoms with van der Waals surface area (Å²) >= 11 is 3.60. The van der Waals surface area contributed by atoms with Gasteiger partial charge < -0.3 is 29.2 Å². The first-order chi connectivity index (χ1) is 26.4. The molecule has 306 valence electrons. The third-order valence-corrected chi connectivity index (χ3v) is 13.2. The van der Waals surface area contributed by atoms with E-state index in [2.05, 4.69) is 26.0 Å². The van der Waals surface area contributed by atoms with Crippen LogP contribution in [0.15, 0.2) is 34.8 Å². The van der Waals surface area contributed by atoms with Crippen LogP contribution in [0.2, 0.25) is 0 Å². The normalized spacial score (nSPS) is 26.7. The summed E-state index contributed by atoms with van der Waals surface area (Å²) in [6.07, 6.45) is 6.60. The van der Waals surface area contributed by atoms with Crippen molar-refractivity contribution in [1.82, 2.24) is 19.9 Å². The van der Waals surface area contributed by atoms with Gasteiger partial charge in [0.1, 0.15) is 29.2 Å². The number of sulfonamides is 1. The summed E-state index contributed by atoms with van der Waals surface area (Å²) in [6.45, 7) is 8.96. The van der Waals surface area contributed by atoms with Gasteiger partial charge in [-0.05, 0) is 107 Å². The summed E-state index contributed by atoms with van der Waals surface area (Å²) in [5.74, 6) is -0.596. The number of ketones is 1. The third-order valence-electron chi connectivity index (χ3n) is 10.6. The molecule has 0 bridgehead atoms. The van der Waals surface area contributed by atoms with Crippen molar-refractivity contribution in [3.8, 4) is 17.4 Å². The van der Waals surface area contributed by atoms with Gasteiger partial charge in [0, 0.05) is 24.3 Å². The number of benzene rings is 1. The highest BCUT2D eigenvalue weighted by Gasteiger charge is 2.61. The maximum atomic E-state index is 14.6. The monoisotopic (exact) mass is 860 g/mol. The van der Waals surface area contributed by atoms with Crippen molar-refractivity contribution < 1.29 is 46.5 Å². The first-order valence-electron chi connectivity index (χ1n) is 19.5. The third kappa shape index (κ3) is 9.60. The zero-order chi connectivity index (χ0) is 40.6. The number of fused-ring (bicyclic) bond motifs is 3. The van der Waals surface area contributed by atoms with Crippen LogP contribution in [-0.4, -0.2) is 90.8 Å². The fourth-order valence-electron chi connectivity index (χ4n) is 7.56. The maximum absolute atomic E-state index is 14.6. The van der Waals surface area contributed by atoms with Crippen LogP contribution in [0.4, 0.5) is 4.79 Å². The van der Waals surface area contributed by atoms with E-state index in [1.807, 2.05) is 32.1 Å². The molecule has 16 heteroatoms. The number of halogens is 1. The first-order valence-corrected chi connectivity index (χ1v) is 21.8. The van der Waals surface area contributed by atoms with Crippen LogP contribution in [0.1, 0.15) is 98.8 Å². The van der Waals surface area contributed by atoms with Crippen molar-refractivity contribution in [3.63, 3.8) is 0 Å². The Balaban J connectivity index is 1.35. The molecule has 6 rings (SSSR count). The molecule has 56 heavy (non-hydrogen) atoms. The molecule has 5 atom stereocenters. The van der Waals surface area contributed by atoms with Gasteiger partial charge in [-0.1, -0.05) is 25.0 Å². The van der Waals surface area contributed by atoms with Gasteiger partial charge in [0.05, 0.1) is 46.5 Å². The minimum atomic E-state index is -3.87. The number of hydrogen-bond acceptors (Lipinski definition) is 11. The van der Waals surface area contributed by atoms with Gasteiger partial charge in [-0.2, -0.15) is 0 Å². The fraction of sp³-hybridized carbons (Fsp3) is 0.625. The molecular formula is C40H53BrN4O10S. The number of alkyl carbamates (subject to hydrolysis) is 1. The van der Waals surface area contributed by atoms with Crippen molar-refractivity contribution in [2.75, 3.05) is 13.7 Å². The number of rotatable bonds is 9. The first kappa shape index (κ1) is 41.7. The number of amides is 3. The summed E-state index contributed by atoms with van der Waals surface area (Å²) in [5, 5.41) is 2.80. The average Bonchev–Trinajstić information content (AvgIpc) is 4.03. The highest BCUT2D eigenvalue weighted by atomic mass is 79.9. The summed E-state index contributed by atoms with van der Waals surface area (Å²) in [7, 11) is -2.32. The van der Waals surface area contributed by atoms with E-state index in [-0.39, 0.29) is 37.2 Å². The van der Waals surface area contributed by atoms with Crippen molar-refractivity contribution >= 4 is 60.5 Å². The van der Waals surface area contributed by atoms with E-state index in [4.69, 9.17) is 23.9 Å². The molecule has 2 aromatic rings. The zero-order valence-corrected chi connectivity index (χ0v) is 35.3. The molecule has 1 aromatic carbocycles. The second-order valence-electron chi connectivity index (χ2n) is 16.6. The quantitative estimate of drug-likeness (QED) is 0.277. The SMILES string of the molecule is COc1ccc2c(O[C@@H]3C[C@H]4C(=O)C[C@]5(C(=O)NS(=O)(=O)C6CC6)C[C@H]5/C=C\CCCCC[C@H](NC(=O)OC(C)(C)C)C(=O)N4C3)cc(OC(C)C)nc2c1Br. The highest BCUT2D eigenvalue weighted by Crippen LogP contribution is 2.57. The van der Waals surface area contributed by atoms with Crippen molar-refractivity contribution in [2.45, 2.75) is 134 Å². The lowest BCUT2D eigenvalue weighted by molar-refractivity contribution is -0.140. The van der Waals surface area contributed by atoms with Crippen LogP contribution in [0.25, 0.3) is 10.9 Å². The molecule has 0 unspecified atom stereocenters. The second kappa shape index (κ2) is 16.5. The number of carbonyl (C=O) groups excluding carboxylic acids is 4. The molecular weight excluding hydrogens is 808 g/mol. The molecule has 3 heterocycles. The molecule has 0 radical (unpaired) electrons. The fourth-order valence-corrected chi connectivity index (χ4v) is 9.54. The molecule has 2 N–H and O–H groups in total. The van der Waals surface area contributed by atoms with Gasteiger partial charge in [0.15, 0.2) is 5.78 Å². The Bertz CT molecular complexity index is 2000. The standard InChI is InChI=1S/C40H53BrN4O10S/c1-23(2)53-33-19-32(27-16-17-31(52-6)34(41)35(27)43-33)54-25-18-29-30(46)21-40(37(48)44-56(50,51)26-14-15-26)20-24(40)12-10-8-7-9-11-13-28(36(47)45(29)22-25)42-38(49)55-39(3,4)5/h10,12,16-17,19,23-26,28-29H,7-9,11,13-15,18,20-22H2,1-6H3,(H,42,49)(H,44,48)/b12-10-/t24-,25-,28+,29+,40-/m1/s1. The van der Waals surface area contributed by atoms with Gasteiger partial charge in [-0.3, -0.25) is 19.1 Å². The van der Waals surface area contributed by atoms with Crippen LogP contribution in [0, 0.1) is 11.3 Å². The lowest BCUT2D eigenvalue weighted by Gasteiger charge is -2.30. The highest BCUT2D eigenvalue weighted by molar-refractivity contribution is 9.10. The molecule has 3 fully saturated rings. The lowest BCUT2D eigenvalue weighted by Crippen LogP contribution is -2.53. The van der Waals surface area contributed by atoms with E-state index in [9.17, 15) is 27.6 Å². The van der Waals surface area contributed by atoms with Crippen LogP contribution >= 0.6 is 15.9 Å². The number of nitrogens with zero attached hydrogens (tertiary/aromatic N) is 2. The number of nitrogens with one attached hydrogen (secondary N) is 2. The Morgan fingerprint density at radius 2 is 1.82 bits per heavy atom. The Morgan fingerprint density at radius 1 is 1.07 bits per heavy atom. The number of carbonyl (C=O) groups is 4. The number of hydrogen-bond donors (Lipinski definition) is 2. The minimum absolute atomic E-state index is 0.00182. The van der Waals surface area contributed by atoms with Crippen molar-refractivity contribution in [3.05, 3.63) is 34.8 Å². The van der Waals surface area contributed by atoms with Crippen LogP contribution in [-0.2, 0) is 29.1 Å². The van der Waals surface area contributed by atoms with E-state index >= 15 is 0 Å². The molecule has 3 amide bonds. The number of aromatic nitrogens is 1. The van der Waals surface area contributed by atoms with Crippen LogP contribution in [0.5, 0.6) is 17.4 Å². The summed E-state index contributed by atoms with van der Waals surface area (Å²) in [4.78, 5) is 62.2. The molecule has 4 aliphatic rings. The predicted octanol–water partition coefficient (Wildman–Crippen LogP) is 6.13. The maximum Gasteiger partial charge on any atom is 0.408 e. The van der Waals surface area contributed by atoms with Crippen molar-refractivity contribution in [1.29, 1.82) is 0 Å². The van der Waals surface area contributed by atoms with E-state index in [0.717, 1.165) is 12.8 Å². The summed E-state index contributed by atoms with van der Waals surface area (Å²) < 4.78 is 52.4. The Kier molecular flexibility index (Phi) is 12.3. The Labute approximate surface area is 337 Å². The molecule has 2 aliphatic carbocycles. The summed E-state index contributed by atoms with van der Waals surface area (Å²) in [5.41, 5.74) is -1.55. The Morgan fingerprint density at radius 3 is 2.50 bits per heavy atom. The van der Waals surface area contributed by atoms with Crippen molar-refractivity contribution in [2.24, 2.45) is 11.3 Å². The van der Waals surface area contributed by atoms with E-state index < -0.39 is 62.4 Å². The average molecular weight is 862 g/mol. The van der Waals surface area contributed by atoms with Gasteiger partial charge >= 0.3 is 6.09 Å². The number of methoxy groups -OCH3 is 1. The molecule has 1 aromatic heterocycles. The van der Waals surface area contributed by atoms with Gasteiger partial charge in [0.25, 0.3) is 0 Å². The van der Waals surface area contributed by atoms with Gasteiger partial charge in [0.2, 0.25) is 27.7 Å². The number of allylic oxidation sites excluding steroid dienone is 2. The summed E-state index contributed by atoms with van der Waals surface area (Å²) in [6, 6.07) is 3.24. The Hall–Kier alpha value is -3.92. The molecule has 0 spiro atoms. The largest absolute Gasteiger partial charge is 0.495 e. The van der Waals surface area contributed by atoms with Gasteiger partial charge in [-0.15, -0.1) is 0 Å². The lowest BCUT2D eigenvalue weighted by atomic mass is 9.91. The molecule has 2 saturated carbocycles. The number of ether oxygens (including phenoxy) is 4.